The number of likely N-dealkylation sites (tertiary alicyclic amines) is 1. The monoisotopic (exact) mass is 503 g/mol. The molecule has 34 heavy (non-hydrogen) atoms. The maximum Gasteiger partial charge on any atom is 0.259 e. The van der Waals surface area contributed by atoms with E-state index in [1.807, 2.05) is 48.1 Å². The van der Waals surface area contributed by atoms with Crippen molar-refractivity contribution in [2.45, 2.75) is 26.3 Å². The van der Waals surface area contributed by atoms with Crippen molar-refractivity contribution in [1.29, 1.82) is 0 Å². The van der Waals surface area contributed by atoms with Gasteiger partial charge < -0.3 is 18.9 Å². The van der Waals surface area contributed by atoms with Crippen LogP contribution in [0.3, 0.4) is 0 Å². The van der Waals surface area contributed by atoms with E-state index in [9.17, 15) is 4.79 Å². The summed E-state index contributed by atoms with van der Waals surface area (Å²) in [5.41, 5.74) is 4.62. The average molecular weight is 504 g/mol. The van der Waals surface area contributed by atoms with Crippen LogP contribution < -0.4 is 14.4 Å². The molecule has 0 radical (unpaired) electrons. The molecule has 5 rings (SSSR count). The molecule has 1 amide bonds. The topological polar surface area (TPSA) is 46.9 Å². The lowest BCUT2D eigenvalue weighted by Crippen LogP contribution is -2.35. The van der Waals surface area contributed by atoms with Crippen molar-refractivity contribution in [3.05, 3.63) is 52.7 Å². The molecule has 1 saturated heterocycles. The SMILES string of the molecule is COc1ccc(N2Cc3c(cc4cc(Cl)cn(C)c3-4)C2=O)cc1OCCN1CCC(C)CC1.Cl. The van der Waals surface area contributed by atoms with E-state index in [0.717, 1.165) is 53.6 Å². The van der Waals surface area contributed by atoms with Gasteiger partial charge in [0, 0.05) is 48.2 Å². The summed E-state index contributed by atoms with van der Waals surface area (Å²) in [4.78, 5) is 17.5. The molecule has 1 aromatic carbocycles. The van der Waals surface area contributed by atoms with Gasteiger partial charge in [-0.2, -0.15) is 0 Å². The summed E-state index contributed by atoms with van der Waals surface area (Å²) in [6.45, 7) is 6.58. The molecule has 182 valence electrons. The van der Waals surface area contributed by atoms with Gasteiger partial charge in [0.25, 0.3) is 5.91 Å². The van der Waals surface area contributed by atoms with E-state index in [4.69, 9.17) is 21.1 Å². The number of rotatable bonds is 6. The number of amides is 1. The summed E-state index contributed by atoms with van der Waals surface area (Å²) in [6.07, 6.45) is 4.37. The van der Waals surface area contributed by atoms with E-state index >= 15 is 0 Å². The predicted octanol–water partition coefficient (Wildman–Crippen LogP) is 5.48. The summed E-state index contributed by atoms with van der Waals surface area (Å²) >= 11 is 6.21. The highest BCUT2D eigenvalue weighted by atomic mass is 35.5. The molecule has 3 aliphatic heterocycles. The van der Waals surface area contributed by atoms with Gasteiger partial charge in [0.2, 0.25) is 0 Å². The second-order valence-electron chi connectivity index (χ2n) is 9.21. The van der Waals surface area contributed by atoms with Gasteiger partial charge in [-0.3, -0.25) is 9.69 Å². The number of nitrogens with zero attached hydrogens (tertiary/aromatic N) is 3. The Kier molecular flexibility index (Phi) is 7.31. The van der Waals surface area contributed by atoms with Gasteiger partial charge in [-0.05, 0) is 56.1 Å². The van der Waals surface area contributed by atoms with Crippen LogP contribution in [0.5, 0.6) is 11.5 Å². The summed E-state index contributed by atoms with van der Waals surface area (Å²) in [5.74, 6) is 2.16. The molecule has 1 aliphatic carbocycles. The third kappa shape index (κ3) is 4.59. The van der Waals surface area contributed by atoms with Crippen molar-refractivity contribution < 1.29 is 14.3 Å². The van der Waals surface area contributed by atoms with Crippen LogP contribution in [0.1, 0.15) is 35.7 Å². The van der Waals surface area contributed by atoms with E-state index < -0.39 is 0 Å². The number of ether oxygens (including phenoxy) is 2. The van der Waals surface area contributed by atoms with Crippen LogP contribution in [0, 0.1) is 5.92 Å². The maximum atomic E-state index is 13.3. The van der Waals surface area contributed by atoms with E-state index in [0.29, 0.717) is 29.7 Å². The Balaban J connectivity index is 0.00000274. The molecule has 8 heteroatoms. The molecule has 4 aliphatic rings. The van der Waals surface area contributed by atoms with Crippen LogP contribution in [0.15, 0.2) is 36.5 Å². The Hall–Kier alpha value is -2.41. The summed E-state index contributed by atoms with van der Waals surface area (Å²) in [7, 11) is 3.60. The third-order valence-corrected chi connectivity index (χ3v) is 7.15. The minimum absolute atomic E-state index is 0. The first kappa shape index (κ1) is 24.7. The number of hydrogen-bond acceptors (Lipinski definition) is 4. The lowest BCUT2D eigenvalue weighted by molar-refractivity contribution is 0.0996. The number of carbonyl (C=O) groups excluding carboxylic acids is 1. The van der Waals surface area contributed by atoms with Gasteiger partial charge >= 0.3 is 0 Å². The zero-order chi connectivity index (χ0) is 23.1. The zero-order valence-corrected chi connectivity index (χ0v) is 21.4. The van der Waals surface area contributed by atoms with Gasteiger partial charge in [0.15, 0.2) is 11.5 Å². The molecule has 0 saturated carbocycles. The van der Waals surface area contributed by atoms with Crippen LogP contribution in [0.2, 0.25) is 5.02 Å². The number of piperidine rings is 1. The first-order chi connectivity index (χ1) is 15.9. The predicted molar refractivity (Wildman–Crippen MR) is 138 cm³/mol. The molecule has 0 unspecified atom stereocenters. The van der Waals surface area contributed by atoms with Crippen LogP contribution in [0.25, 0.3) is 11.3 Å². The fourth-order valence-corrected chi connectivity index (χ4v) is 5.29. The number of methoxy groups -OCH3 is 1. The van der Waals surface area contributed by atoms with Gasteiger partial charge in [-0.1, -0.05) is 18.5 Å². The Morgan fingerprint density at radius 1 is 1.12 bits per heavy atom. The standard InChI is InChI=1S/C26H30ClN3O3.ClH/c1-17-6-8-29(9-7-17)10-11-33-24-14-20(4-5-23(24)32-3)30-16-22-21(26(30)31)13-18-12-19(27)15-28(2)25(18)22;/h4-5,12-15,17H,6-11,16H2,1-3H3;1H. The highest BCUT2D eigenvalue weighted by Gasteiger charge is 2.34. The second-order valence-corrected chi connectivity index (χ2v) is 9.65. The molecule has 6 nitrogen and oxygen atoms in total. The van der Waals surface area contributed by atoms with Gasteiger partial charge in [0.1, 0.15) is 6.61 Å². The smallest absolute Gasteiger partial charge is 0.259 e. The van der Waals surface area contributed by atoms with Crippen molar-refractivity contribution >= 4 is 35.6 Å². The number of hydrogen-bond donors (Lipinski definition) is 0. The first-order valence-corrected chi connectivity index (χ1v) is 11.9. The van der Waals surface area contributed by atoms with Crippen LogP contribution in [-0.2, 0) is 13.6 Å². The Labute approximate surface area is 212 Å². The highest BCUT2D eigenvalue weighted by Crippen LogP contribution is 2.41. The number of anilines is 1. The molecule has 0 aromatic heterocycles. The summed E-state index contributed by atoms with van der Waals surface area (Å²) in [6, 6.07) is 9.57. The van der Waals surface area contributed by atoms with Crippen LogP contribution in [-0.4, -0.2) is 48.7 Å². The lowest BCUT2D eigenvalue weighted by atomic mass is 9.99. The molecule has 0 N–H and O–H groups in total. The molecule has 1 fully saturated rings. The minimum Gasteiger partial charge on any atom is -0.493 e. The number of aryl methyl sites for hydroxylation is 1. The average Bonchev–Trinajstić information content (AvgIpc) is 3.31. The maximum absolute atomic E-state index is 13.3. The van der Waals surface area contributed by atoms with Crippen LogP contribution >= 0.6 is 24.0 Å². The number of benzene rings is 1. The van der Waals surface area contributed by atoms with Crippen molar-refractivity contribution in [3.63, 3.8) is 0 Å². The molecular formula is C26H31Cl2N3O3. The number of fused-ring (bicyclic) bond motifs is 3. The van der Waals surface area contributed by atoms with Crippen molar-refractivity contribution in [2.75, 3.05) is 38.3 Å². The largest absolute Gasteiger partial charge is 0.493 e. The van der Waals surface area contributed by atoms with E-state index in [1.54, 1.807) is 12.0 Å². The Bertz CT molecular complexity index is 1150. The molecule has 0 bridgehead atoms. The number of halogens is 2. The van der Waals surface area contributed by atoms with E-state index in [1.165, 1.54) is 12.8 Å². The quantitative estimate of drug-likeness (QED) is 0.446. The fraction of sp³-hybridized carbons (Fsp3) is 0.423. The normalized spacial score (nSPS) is 16.6. The molecule has 0 spiro atoms. The number of carbonyl (C=O) groups is 1. The molecule has 0 atom stereocenters. The number of pyridine rings is 1. The number of aromatic nitrogens is 1. The Morgan fingerprint density at radius 2 is 1.88 bits per heavy atom. The van der Waals surface area contributed by atoms with Crippen molar-refractivity contribution in [1.82, 2.24) is 9.47 Å². The summed E-state index contributed by atoms with van der Waals surface area (Å²) in [5, 5.41) is 0.661. The van der Waals surface area contributed by atoms with Gasteiger partial charge in [0.05, 0.1) is 24.4 Å². The van der Waals surface area contributed by atoms with Gasteiger partial charge in [-0.15, -0.1) is 12.4 Å². The van der Waals surface area contributed by atoms with Gasteiger partial charge in [-0.25, -0.2) is 0 Å². The zero-order valence-electron chi connectivity index (χ0n) is 19.8. The van der Waals surface area contributed by atoms with E-state index in [2.05, 4.69) is 11.8 Å². The molecule has 3 heterocycles. The molecule has 1 aromatic rings. The fourth-order valence-electron chi connectivity index (χ4n) is 5.03. The van der Waals surface area contributed by atoms with Crippen molar-refractivity contribution in [3.8, 4) is 22.8 Å². The van der Waals surface area contributed by atoms with E-state index in [-0.39, 0.29) is 18.3 Å². The second kappa shape index (κ2) is 10.1. The first-order valence-electron chi connectivity index (χ1n) is 11.6. The highest BCUT2D eigenvalue weighted by molar-refractivity contribution is 6.31. The third-order valence-electron chi connectivity index (χ3n) is 6.94. The van der Waals surface area contributed by atoms with Crippen molar-refractivity contribution in [2.24, 2.45) is 13.0 Å². The Morgan fingerprint density at radius 3 is 2.62 bits per heavy atom. The lowest BCUT2D eigenvalue weighted by Gasteiger charge is -2.30. The molecular weight excluding hydrogens is 473 g/mol. The minimum atomic E-state index is -0.00382. The van der Waals surface area contributed by atoms with Crippen LogP contribution in [0.4, 0.5) is 5.69 Å². The summed E-state index contributed by atoms with van der Waals surface area (Å²) < 4.78 is 13.6.